The summed E-state index contributed by atoms with van der Waals surface area (Å²) in [6.45, 7) is 0. The highest BCUT2D eigenvalue weighted by molar-refractivity contribution is 5.33. The summed E-state index contributed by atoms with van der Waals surface area (Å²) in [5.74, 6) is 0. The first-order chi connectivity index (χ1) is 5.95. The van der Waals surface area contributed by atoms with Crippen LogP contribution in [0.3, 0.4) is 0 Å². The first-order valence-corrected chi connectivity index (χ1v) is 4.35. The van der Waals surface area contributed by atoms with Gasteiger partial charge in [-0.2, -0.15) is 0 Å². The Kier molecular flexibility index (Phi) is 1.28. The quantitative estimate of drug-likeness (QED) is 0.543. The number of benzene rings is 1. The molecular formula is C10H10O2. The summed E-state index contributed by atoms with van der Waals surface area (Å²) in [7, 11) is 0. The molecule has 3 rings (SSSR count). The zero-order valence-electron chi connectivity index (χ0n) is 6.69. The molecule has 12 heavy (non-hydrogen) atoms. The Bertz CT molecular complexity index is 308. The van der Waals surface area contributed by atoms with E-state index in [1.165, 1.54) is 11.1 Å². The third-order valence-corrected chi connectivity index (χ3v) is 2.68. The van der Waals surface area contributed by atoms with E-state index in [0.717, 1.165) is 12.8 Å². The lowest BCUT2D eigenvalue weighted by Gasteiger charge is -2.39. The van der Waals surface area contributed by atoms with Crippen LogP contribution in [0.15, 0.2) is 24.3 Å². The van der Waals surface area contributed by atoms with Gasteiger partial charge in [0, 0.05) is 0 Å². The minimum Gasteiger partial charge on any atom is -0.229 e. The van der Waals surface area contributed by atoms with Crippen LogP contribution in [-0.2, 0) is 16.2 Å². The minimum absolute atomic E-state index is 0.218. The predicted octanol–water partition coefficient (Wildman–Crippen LogP) is 2.00. The molecule has 1 saturated heterocycles. The van der Waals surface area contributed by atoms with Crippen LogP contribution in [0.1, 0.15) is 23.7 Å². The number of rotatable bonds is 0. The Hall–Kier alpha value is -0.860. The van der Waals surface area contributed by atoms with Crippen molar-refractivity contribution in [2.24, 2.45) is 0 Å². The summed E-state index contributed by atoms with van der Waals surface area (Å²) < 4.78 is 0. The normalized spacial score (nSPS) is 31.7. The molecule has 2 heteroatoms. The summed E-state index contributed by atoms with van der Waals surface area (Å²) in [5.41, 5.74) is 2.74. The fraction of sp³-hybridized carbons (Fsp3) is 0.400. The second-order valence-electron chi connectivity index (χ2n) is 3.39. The zero-order valence-corrected chi connectivity index (χ0v) is 6.69. The first-order valence-electron chi connectivity index (χ1n) is 4.35. The lowest BCUT2D eigenvalue weighted by molar-refractivity contribution is -0.472. The van der Waals surface area contributed by atoms with E-state index in [4.69, 9.17) is 9.78 Å². The third kappa shape index (κ3) is 0.765. The summed E-state index contributed by atoms with van der Waals surface area (Å²) >= 11 is 0. The minimum atomic E-state index is 0.218. The molecule has 0 saturated carbocycles. The molecule has 62 valence electrons. The van der Waals surface area contributed by atoms with Gasteiger partial charge in [0.25, 0.3) is 0 Å². The van der Waals surface area contributed by atoms with Crippen molar-refractivity contribution in [3.63, 3.8) is 0 Å². The zero-order chi connectivity index (χ0) is 7.97. The standard InChI is InChI=1S/C10H10O2/c1-2-4-8-7(3-1)5-6-9-10(8)12-11-9/h1-4,9-10H,5-6H2. The number of fused-ring (bicyclic) bond motifs is 3. The lowest BCUT2D eigenvalue weighted by atomic mass is 9.87. The molecule has 0 N–H and O–H groups in total. The molecule has 1 aliphatic carbocycles. The van der Waals surface area contributed by atoms with Gasteiger partial charge in [-0.05, 0) is 24.0 Å². The molecule has 0 radical (unpaired) electrons. The van der Waals surface area contributed by atoms with Gasteiger partial charge in [0.2, 0.25) is 0 Å². The summed E-state index contributed by atoms with van der Waals surface area (Å²) in [6, 6.07) is 8.45. The number of aryl methyl sites for hydroxylation is 1. The molecule has 1 aromatic rings. The van der Waals surface area contributed by atoms with Crippen LogP contribution in [0.4, 0.5) is 0 Å². The van der Waals surface area contributed by atoms with Crippen LogP contribution >= 0.6 is 0 Å². The topological polar surface area (TPSA) is 18.5 Å². The maximum Gasteiger partial charge on any atom is 0.147 e. The maximum atomic E-state index is 5.06. The molecule has 1 fully saturated rings. The van der Waals surface area contributed by atoms with Crippen molar-refractivity contribution < 1.29 is 9.78 Å². The van der Waals surface area contributed by atoms with Crippen LogP contribution in [0, 0.1) is 0 Å². The van der Waals surface area contributed by atoms with E-state index in [-0.39, 0.29) is 6.10 Å². The smallest absolute Gasteiger partial charge is 0.147 e. The van der Waals surface area contributed by atoms with E-state index >= 15 is 0 Å². The summed E-state index contributed by atoms with van der Waals surface area (Å²) in [5, 5.41) is 0. The van der Waals surface area contributed by atoms with Crippen LogP contribution < -0.4 is 0 Å². The van der Waals surface area contributed by atoms with Crippen LogP contribution in [0.5, 0.6) is 0 Å². The van der Waals surface area contributed by atoms with Gasteiger partial charge in [0.1, 0.15) is 12.2 Å². The molecule has 2 aliphatic rings. The van der Waals surface area contributed by atoms with Gasteiger partial charge < -0.3 is 0 Å². The van der Waals surface area contributed by atoms with Crippen molar-refractivity contribution in [2.75, 3.05) is 0 Å². The predicted molar refractivity (Wildman–Crippen MR) is 43.5 cm³/mol. The molecule has 0 spiro atoms. The largest absolute Gasteiger partial charge is 0.229 e. The highest BCUT2D eigenvalue weighted by Crippen LogP contribution is 2.41. The van der Waals surface area contributed by atoms with Crippen molar-refractivity contribution in [1.82, 2.24) is 0 Å². The van der Waals surface area contributed by atoms with E-state index < -0.39 is 0 Å². The van der Waals surface area contributed by atoms with Crippen LogP contribution in [-0.4, -0.2) is 6.10 Å². The molecular weight excluding hydrogens is 152 g/mol. The Labute approximate surface area is 71.0 Å². The van der Waals surface area contributed by atoms with Gasteiger partial charge >= 0.3 is 0 Å². The maximum absolute atomic E-state index is 5.06. The fourth-order valence-corrected chi connectivity index (χ4v) is 1.98. The summed E-state index contributed by atoms with van der Waals surface area (Å²) in [6.07, 6.45) is 2.76. The molecule has 2 atom stereocenters. The molecule has 2 nitrogen and oxygen atoms in total. The average molecular weight is 162 g/mol. The molecule has 2 unspecified atom stereocenters. The van der Waals surface area contributed by atoms with Crippen molar-refractivity contribution in [3.8, 4) is 0 Å². The lowest BCUT2D eigenvalue weighted by Crippen LogP contribution is -2.39. The van der Waals surface area contributed by atoms with Crippen LogP contribution in [0.2, 0.25) is 0 Å². The Morgan fingerprint density at radius 1 is 1.17 bits per heavy atom. The first kappa shape index (κ1) is 6.63. The van der Waals surface area contributed by atoms with Crippen molar-refractivity contribution in [3.05, 3.63) is 35.4 Å². The van der Waals surface area contributed by atoms with Gasteiger partial charge in [-0.1, -0.05) is 24.3 Å². The van der Waals surface area contributed by atoms with Gasteiger partial charge in [0.05, 0.1) is 0 Å². The Morgan fingerprint density at radius 2 is 2.08 bits per heavy atom. The highest BCUT2D eigenvalue weighted by Gasteiger charge is 2.40. The van der Waals surface area contributed by atoms with Crippen molar-refractivity contribution >= 4 is 0 Å². The van der Waals surface area contributed by atoms with Gasteiger partial charge in [-0.3, -0.25) is 0 Å². The third-order valence-electron chi connectivity index (χ3n) is 2.68. The van der Waals surface area contributed by atoms with Gasteiger partial charge in [-0.15, -0.1) is 0 Å². The molecule has 0 aromatic heterocycles. The molecule has 1 aliphatic heterocycles. The van der Waals surface area contributed by atoms with Crippen molar-refractivity contribution in [2.45, 2.75) is 25.0 Å². The monoisotopic (exact) mass is 162 g/mol. The van der Waals surface area contributed by atoms with E-state index in [1.54, 1.807) is 0 Å². The second kappa shape index (κ2) is 2.31. The van der Waals surface area contributed by atoms with E-state index in [1.807, 2.05) is 0 Å². The highest BCUT2D eigenvalue weighted by atomic mass is 17.2. The van der Waals surface area contributed by atoms with Gasteiger partial charge in [-0.25, -0.2) is 9.78 Å². The Balaban J connectivity index is 2.07. The molecule has 1 heterocycles. The number of hydrogen-bond donors (Lipinski definition) is 0. The van der Waals surface area contributed by atoms with E-state index in [9.17, 15) is 0 Å². The fourth-order valence-electron chi connectivity index (χ4n) is 1.98. The van der Waals surface area contributed by atoms with E-state index in [0.29, 0.717) is 6.10 Å². The van der Waals surface area contributed by atoms with Gasteiger partial charge in [0.15, 0.2) is 0 Å². The van der Waals surface area contributed by atoms with E-state index in [2.05, 4.69) is 24.3 Å². The summed E-state index contributed by atoms with van der Waals surface area (Å²) in [4.78, 5) is 10.1. The van der Waals surface area contributed by atoms with Crippen molar-refractivity contribution in [1.29, 1.82) is 0 Å². The number of hydrogen-bond acceptors (Lipinski definition) is 2. The SMILES string of the molecule is c1ccc2c(c1)CCC1OOC21. The Morgan fingerprint density at radius 3 is 2.92 bits per heavy atom. The average Bonchev–Trinajstić information content (AvgIpc) is 2.05. The van der Waals surface area contributed by atoms with Crippen LogP contribution in [0.25, 0.3) is 0 Å². The molecule has 0 bridgehead atoms. The second-order valence-corrected chi connectivity index (χ2v) is 3.39. The molecule has 0 amide bonds. The molecule has 1 aromatic carbocycles.